The van der Waals surface area contributed by atoms with Crippen LogP contribution in [0, 0.1) is 0 Å². The summed E-state index contributed by atoms with van der Waals surface area (Å²) >= 11 is 8.77. The summed E-state index contributed by atoms with van der Waals surface area (Å²) in [5.74, 6) is 0. The van der Waals surface area contributed by atoms with Crippen molar-refractivity contribution in [2.45, 2.75) is 6.04 Å². The highest BCUT2D eigenvalue weighted by Gasteiger charge is 2.11. The summed E-state index contributed by atoms with van der Waals surface area (Å²) < 4.78 is 0.742. The highest BCUT2D eigenvalue weighted by molar-refractivity contribution is 7.19. The van der Waals surface area contributed by atoms with Crippen molar-refractivity contribution in [2.24, 2.45) is 5.73 Å². The predicted molar refractivity (Wildman–Crippen MR) is 64.5 cm³/mol. The summed E-state index contributed by atoms with van der Waals surface area (Å²) in [6.45, 7) is -0.0852. The standard InChI is InChI=1S/C9H9ClN2OS2/c10-8-2-1-7(15-8)6-4-14-9(12-6)5(11)3-13/h1-2,4-5,13H,3,11H2. The van der Waals surface area contributed by atoms with E-state index in [4.69, 9.17) is 22.4 Å². The van der Waals surface area contributed by atoms with Gasteiger partial charge in [-0.25, -0.2) is 4.98 Å². The van der Waals surface area contributed by atoms with Crippen LogP contribution in [0.5, 0.6) is 0 Å². The molecule has 0 radical (unpaired) electrons. The number of nitrogens with zero attached hydrogens (tertiary/aromatic N) is 1. The minimum Gasteiger partial charge on any atom is -0.394 e. The minimum atomic E-state index is -0.390. The third-order valence-electron chi connectivity index (χ3n) is 1.86. The van der Waals surface area contributed by atoms with Gasteiger partial charge < -0.3 is 10.8 Å². The molecule has 0 amide bonds. The maximum atomic E-state index is 8.90. The second-order valence-corrected chi connectivity index (χ2v) is 5.57. The zero-order valence-electron chi connectivity index (χ0n) is 7.68. The normalized spacial score (nSPS) is 13.0. The fraction of sp³-hybridized carbons (Fsp3) is 0.222. The second kappa shape index (κ2) is 4.59. The molecule has 0 aliphatic carbocycles. The molecule has 0 fully saturated rings. The molecule has 3 nitrogen and oxygen atoms in total. The van der Waals surface area contributed by atoms with Gasteiger partial charge in [0.25, 0.3) is 0 Å². The van der Waals surface area contributed by atoms with Crippen LogP contribution in [-0.4, -0.2) is 16.7 Å². The first-order valence-electron chi connectivity index (χ1n) is 4.28. The van der Waals surface area contributed by atoms with Crippen molar-refractivity contribution in [3.8, 4) is 10.6 Å². The lowest BCUT2D eigenvalue weighted by molar-refractivity contribution is 0.268. The number of aliphatic hydroxyl groups is 1. The highest BCUT2D eigenvalue weighted by atomic mass is 35.5. The topological polar surface area (TPSA) is 59.1 Å². The molecule has 1 unspecified atom stereocenters. The van der Waals surface area contributed by atoms with E-state index in [1.165, 1.54) is 22.7 Å². The predicted octanol–water partition coefficient (Wildman–Crippen LogP) is 2.52. The quantitative estimate of drug-likeness (QED) is 0.892. The van der Waals surface area contributed by atoms with Gasteiger partial charge in [-0.05, 0) is 12.1 Å². The molecule has 2 aromatic rings. The molecule has 15 heavy (non-hydrogen) atoms. The molecule has 0 aromatic carbocycles. The molecule has 0 saturated carbocycles. The van der Waals surface area contributed by atoms with Crippen LogP contribution in [-0.2, 0) is 0 Å². The molecule has 2 rings (SSSR count). The molecule has 0 aliphatic rings. The average Bonchev–Trinajstić information content (AvgIpc) is 2.84. The average molecular weight is 261 g/mol. The van der Waals surface area contributed by atoms with Crippen LogP contribution >= 0.6 is 34.3 Å². The lowest BCUT2D eigenvalue weighted by Crippen LogP contribution is -2.13. The molecule has 80 valence electrons. The van der Waals surface area contributed by atoms with Gasteiger partial charge in [-0.15, -0.1) is 22.7 Å². The zero-order chi connectivity index (χ0) is 10.8. The molecule has 6 heteroatoms. The third-order valence-corrected chi connectivity index (χ3v) is 4.09. The van der Waals surface area contributed by atoms with Crippen LogP contribution in [0.1, 0.15) is 11.0 Å². The van der Waals surface area contributed by atoms with Crippen LogP contribution in [0.15, 0.2) is 17.5 Å². The number of halogens is 1. The van der Waals surface area contributed by atoms with Gasteiger partial charge in [0.1, 0.15) is 5.01 Å². The Hall–Kier alpha value is -0.460. The van der Waals surface area contributed by atoms with Crippen molar-refractivity contribution in [2.75, 3.05) is 6.61 Å². The van der Waals surface area contributed by atoms with Gasteiger partial charge in [0, 0.05) is 5.38 Å². The van der Waals surface area contributed by atoms with Gasteiger partial charge >= 0.3 is 0 Å². The number of hydrogen-bond donors (Lipinski definition) is 2. The van der Waals surface area contributed by atoms with Gasteiger partial charge in [0.2, 0.25) is 0 Å². The largest absolute Gasteiger partial charge is 0.394 e. The fourth-order valence-electron chi connectivity index (χ4n) is 1.10. The van der Waals surface area contributed by atoms with Gasteiger partial charge in [-0.2, -0.15) is 0 Å². The Kier molecular flexibility index (Phi) is 3.38. The first-order chi connectivity index (χ1) is 7.20. The molecule has 2 aromatic heterocycles. The molecule has 2 heterocycles. The smallest absolute Gasteiger partial charge is 0.112 e. The van der Waals surface area contributed by atoms with E-state index in [9.17, 15) is 0 Å². The molecule has 0 aliphatic heterocycles. The lowest BCUT2D eigenvalue weighted by Gasteiger charge is -2.01. The summed E-state index contributed by atoms with van der Waals surface area (Å²) in [5.41, 5.74) is 6.54. The Morgan fingerprint density at radius 3 is 2.93 bits per heavy atom. The SMILES string of the molecule is NC(CO)c1nc(-c2ccc(Cl)s2)cs1. The molecule has 0 bridgehead atoms. The van der Waals surface area contributed by atoms with Crippen molar-refractivity contribution in [1.82, 2.24) is 4.98 Å². The highest BCUT2D eigenvalue weighted by Crippen LogP contribution is 2.32. The number of rotatable bonds is 3. The number of aromatic nitrogens is 1. The number of thiophene rings is 1. The van der Waals surface area contributed by atoms with E-state index in [1.807, 2.05) is 17.5 Å². The van der Waals surface area contributed by atoms with E-state index in [2.05, 4.69) is 4.98 Å². The van der Waals surface area contributed by atoms with Gasteiger partial charge in [0.05, 0.1) is 27.6 Å². The molecular weight excluding hydrogens is 252 g/mol. The maximum absolute atomic E-state index is 8.90. The summed E-state index contributed by atoms with van der Waals surface area (Å²) in [5, 5.41) is 11.6. The van der Waals surface area contributed by atoms with Gasteiger partial charge in [0.15, 0.2) is 0 Å². The molecule has 3 N–H and O–H groups in total. The number of thiazole rings is 1. The van der Waals surface area contributed by atoms with E-state index in [0.717, 1.165) is 19.9 Å². The Labute approximate surface area is 100 Å². The number of aliphatic hydroxyl groups excluding tert-OH is 1. The van der Waals surface area contributed by atoms with Crippen LogP contribution in [0.3, 0.4) is 0 Å². The van der Waals surface area contributed by atoms with E-state index >= 15 is 0 Å². The van der Waals surface area contributed by atoms with Crippen molar-refractivity contribution in [3.05, 3.63) is 26.9 Å². The molecule has 0 spiro atoms. The van der Waals surface area contributed by atoms with Crippen molar-refractivity contribution >= 4 is 34.3 Å². The van der Waals surface area contributed by atoms with E-state index in [1.54, 1.807) is 0 Å². The maximum Gasteiger partial charge on any atom is 0.112 e. The zero-order valence-corrected chi connectivity index (χ0v) is 10.1. The molecule has 0 saturated heterocycles. The van der Waals surface area contributed by atoms with E-state index in [0.29, 0.717) is 0 Å². The summed E-state index contributed by atoms with van der Waals surface area (Å²) in [7, 11) is 0. The van der Waals surface area contributed by atoms with E-state index in [-0.39, 0.29) is 12.6 Å². The van der Waals surface area contributed by atoms with Gasteiger partial charge in [-0.3, -0.25) is 0 Å². The minimum absolute atomic E-state index is 0.0852. The first kappa shape index (κ1) is 11.0. The first-order valence-corrected chi connectivity index (χ1v) is 6.35. The van der Waals surface area contributed by atoms with Crippen LogP contribution in [0.25, 0.3) is 10.6 Å². The Morgan fingerprint density at radius 2 is 2.33 bits per heavy atom. The van der Waals surface area contributed by atoms with Crippen LogP contribution < -0.4 is 5.73 Å². The lowest BCUT2D eigenvalue weighted by atomic mass is 10.3. The Morgan fingerprint density at radius 1 is 1.53 bits per heavy atom. The summed E-state index contributed by atoms with van der Waals surface area (Å²) in [6, 6.07) is 3.38. The van der Waals surface area contributed by atoms with Crippen LogP contribution in [0.2, 0.25) is 4.34 Å². The van der Waals surface area contributed by atoms with E-state index < -0.39 is 0 Å². The Bertz CT molecular complexity index is 454. The number of nitrogens with two attached hydrogens (primary N) is 1. The van der Waals surface area contributed by atoms with Crippen LogP contribution in [0.4, 0.5) is 0 Å². The van der Waals surface area contributed by atoms with Crippen molar-refractivity contribution in [1.29, 1.82) is 0 Å². The van der Waals surface area contributed by atoms with Crippen molar-refractivity contribution < 1.29 is 5.11 Å². The second-order valence-electron chi connectivity index (χ2n) is 2.96. The summed E-state index contributed by atoms with van der Waals surface area (Å²) in [4.78, 5) is 5.37. The third kappa shape index (κ3) is 2.38. The van der Waals surface area contributed by atoms with Gasteiger partial charge in [-0.1, -0.05) is 11.6 Å². The fourth-order valence-corrected chi connectivity index (χ4v) is 2.99. The number of hydrogen-bond acceptors (Lipinski definition) is 5. The molecular formula is C9H9ClN2OS2. The monoisotopic (exact) mass is 260 g/mol. The summed E-state index contributed by atoms with van der Waals surface area (Å²) in [6.07, 6.45) is 0. The Balaban J connectivity index is 2.27. The van der Waals surface area contributed by atoms with Crippen molar-refractivity contribution in [3.63, 3.8) is 0 Å². The molecule has 1 atom stereocenters.